The second kappa shape index (κ2) is 7.09. The molecule has 28 heavy (non-hydrogen) atoms. The molecule has 7 heteroatoms. The Kier molecular flexibility index (Phi) is 4.60. The van der Waals surface area contributed by atoms with Gasteiger partial charge in [-0.15, -0.1) is 0 Å². The Bertz CT molecular complexity index is 1030. The number of carbonyl (C=O) groups is 1. The normalized spacial score (nSPS) is 15.9. The van der Waals surface area contributed by atoms with Crippen LogP contribution >= 0.6 is 0 Å². The minimum atomic E-state index is -0.452. The van der Waals surface area contributed by atoms with Crippen molar-refractivity contribution in [2.45, 2.75) is 13.0 Å². The van der Waals surface area contributed by atoms with E-state index in [9.17, 15) is 14.3 Å². The number of aromatic nitrogens is 2. The molecule has 2 heterocycles. The third-order valence-electron chi connectivity index (χ3n) is 4.99. The number of aromatic hydroxyl groups is 1. The molecule has 1 amide bonds. The van der Waals surface area contributed by atoms with Crippen molar-refractivity contribution in [1.29, 1.82) is 0 Å². The van der Waals surface area contributed by atoms with Gasteiger partial charge in [-0.3, -0.25) is 9.89 Å². The van der Waals surface area contributed by atoms with Gasteiger partial charge in [0.15, 0.2) is 0 Å². The van der Waals surface area contributed by atoms with Crippen LogP contribution in [0.25, 0.3) is 11.3 Å². The van der Waals surface area contributed by atoms with E-state index < -0.39 is 6.04 Å². The standard InChI is InChI=1S/C21H20FN3O3/c1-12-3-8-16(26)15(11-12)18-17-19(24-23-18)21(27)25(9-10-28-2)20(17)13-4-6-14(22)7-5-13/h3-8,11,20,26H,9-10H2,1-2H3,(H,23,24). The lowest BCUT2D eigenvalue weighted by atomic mass is 9.95. The van der Waals surface area contributed by atoms with Gasteiger partial charge in [-0.1, -0.05) is 23.8 Å². The van der Waals surface area contributed by atoms with Crippen LogP contribution in [-0.4, -0.2) is 46.4 Å². The second-order valence-electron chi connectivity index (χ2n) is 6.83. The van der Waals surface area contributed by atoms with Gasteiger partial charge in [0.2, 0.25) is 0 Å². The van der Waals surface area contributed by atoms with E-state index in [-0.39, 0.29) is 17.5 Å². The molecule has 1 atom stereocenters. The number of amides is 1. The summed E-state index contributed by atoms with van der Waals surface area (Å²) in [6.07, 6.45) is 0. The minimum absolute atomic E-state index is 0.0838. The molecule has 0 fully saturated rings. The van der Waals surface area contributed by atoms with Gasteiger partial charge in [0.05, 0.1) is 12.6 Å². The van der Waals surface area contributed by atoms with Crippen molar-refractivity contribution in [2.24, 2.45) is 0 Å². The van der Waals surface area contributed by atoms with Gasteiger partial charge < -0.3 is 14.7 Å². The fraction of sp³-hybridized carbons (Fsp3) is 0.238. The number of carbonyl (C=O) groups excluding carboxylic acids is 1. The van der Waals surface area contributed by atoms with Crippen molar-refractivity contribution < 1.29 is 19.0 Å². The highest BCUT2D eigenvalue weighted by Crippen LogP contribution is 2.44. The first kappa shape index (κ1) is 18.2. The van der Waals surface area contributed by atoms with Gasteiger partial charge in [0.25, 0.3) is 5.91 Å². The Morgan fingerprint density at radius 1 is 1.25 bits per heavy atom. The van der Waals surface area contributed by atoms with Gasteiger partial charge in [-0.25, -0.2) is 4.39 Å². The highest BCUT2D eigenvalue weighted by molar-refractivity contribution is 6.00. The summed E-state index contributed by atoms with van der Waals surface area (Å²) < 4.78 is 18.6. The fourth-order valence-electron chi connectivity index (χ4n) is 3.65. The number of hydrogen-bond acceptors (Lipinski definition) is 4. The monoisotopic (exact) mass is 381 g/mol. The SMILES string of the molecule is COCCN1C(=O)c2[nH]nc(-c3cc(C)ccc3O)c2C1c1ccc(F)cc1. The molecule has 0 saturated carbocycles. The average molecular weight is 381 g/mol. The number of phenolic OH excluding ortho intramolecular Hbond substituents is 1. The predicted molar refractivity (Wildman–Crippen MR) is 102 cm³/mol. The van der Waals surface area contributed by atoms with Crippen LogP contribution in [0.3, 0.4) is 0 Å². The smallest absolute Gasteiger partial charge is 0.273 e. The van der Waals surface area contributed by atoms with E-state index in [0.29, 0.717) is 35.7 Å². The third-order valence-corrected chi connectivity index (χ3v) is 4.99. The molecule has 0 radical (unpaired) electrons. The number of fused-ring (bicyclic) bond motifs is 1. The Labute approximate surface area is 161 Å². The largest absolute Gasteiger partial charge is 0.507 e. The van der Waals surface area contributed by atoms with E-state index in [1.54, 1.807) is 36.3 Å². The van der Waals surface area contributed by atoms with Crippen LogP contribution in [0.15, 0.2) is 42.5 Å². The zero-order valence-electron chi connectivity index (χ0n) is 15.6. The Hall–Kier alpha value is -3.19. The molecule has 3 aromatic rings. The summed E-state index contributed by atoms with van der Waals surface area (Å²) in [6, 6.07) is 10.9. The number of rotatable bonds is 5. The maximum Gasteiger partial charge on any atom is 0.273 e. The number of phenols is 1. The molecule has 0 spiro atoms. The maximum atomic E-state index is 13.5. The molecule has 2 aromatic carbocycles. The second-order valence-corrected chi connectivity index (χ2v) is 6.83. The summed E-state index contributed by atoms with van der Waals surface area (Å²) in [7, 11) is 1.57. The van der Waals surface area contributed by atoms with Crippen LogP contribution in [0.5, 0.6) is 5.75 Å². The van der Waals surface area contributed by atoms with Crippen molar-refractivity contribution in [3.63, 3.8) is 0 Å². The summed E-state index contributed by atoms with van der Waals surface area (Å²) >= 11 is 0. The molecule has 4 rings (SSSR count). The Morgan fingerprint density at radius 2 is 2.00 bits per heavy atom. The summed E-state index contributed by atoms with van der Waals surface area (Å²) in [5.41, 5.74) is 3.84. The third kappa shape index (κ3) is 2.93. The number of hydrogen-bond donors (Lipinski definition) is 2. The summed E-state index contributed by atoms with van der Waals surface area (Å²) in [6.45, 7) is 2.66. The lowest BCUT2D eigenvalue weighted by Crippen LogP contribution is -2.32. The lowest BCUT2D eigenvalue weighted by molar-refractivity contribution is 0.0677. The molecule has 144 valence electrons. The molecule has 0 bridgehead atoms. The summed E-state index contributed by atoms with van der Waals surface area (Å²) in [5, 5.41) is 17.5. The van der Waals surface area contributed by atoms with Gasteiger partial charge >= 0.3 is 0 Å². The van der Waals surface area contributed by atoms with Crippen LogP contribution in [0.1, 0.15) is 33.2 Å². The first-order chi connectivity index (χ1) is 13.5. The zero-order valence-corrected chi connectivity index (χ0v) is 15.6. The van der Waals surface area contributed by atoms with Gasteiger partial charge in [0.1, 0.15) is 23.0 Å². The van der Waals surface area contributed by atoms with Gasteiger partial charge in [-0.05, 0) is 36.8 Å². The first-order valence-electron chi connectivity index (χ1n) is 8.95. The van der Waals surface area contributed by atoms with E-state index in [0.717, 1.165) is 11.1 Å². The number of nitrogens with one attached hydrogen (secondary N) is 1. The van der Waals surface area contributed by atoms with E-state index in [1.165, 1.54) is 12.1 Å². The maximum absolute atomic E-state index is 13.5. The number of benzene rings is 2. The van der Waals surface area contributed by atoms with E-state index in [1.807, 2.05) is 13.0 Å². The lowest BCUT2D eigenvalue weighted by Gasteiger charge is -2.26. The number of aryl methyl sites for hydroxylation is 1. The molecule has 0 saturated heterocycles. The highest BCUT2D eigenvalue weighted by atomic mass is 19.1. The fourth-order valence-corrected chi connectivity index (χ4v) is 3.65. The van der Waals surface area contributed by atoms with Gasteiger partial charge in [-0.2, -0.15) is 5.10 Å². The van der Waals surface area contributed by atoms with Crippen molar-refractivity contribution in [1.82, 2.24) is 15.1 Å². The molecule has 2 N–H and O–H groups in total. The molecule has 1 aliphatic heterocycles. The quantitative estimate of drug-likeness (QED) is 0.710. The molecule has 0 aliphatic carbocycles. The average Bonchev–Trinajstić information content (AvgIpc) is 3.22. The molecular formula is C21H20FN3O3. The molecule has 1 aliphatic rings. The number of ether oxygens (including phenoxy) is 1. The number of methoxy groups -OCH3 is 1. The topological polar surface area (TPSA) is 78.5 Å². The van der Waals surface area contributed by atoms with Crippen LogP contribution in [0.2, 0.25) is 0 Å². The molecule has 6 nitrogen and oxygen atoms in total. The first-order valence-corrected chi connectivity index (χ1v) is 8.95. The Morgan fingerprint density at radius 3 is 2.71 bits per heavy atom. The van der Waals surface area contributed by atoms with E-state index in [2.05, 4.69) is 10.2 Å². The molecule has 1 unspecified atom stereocenters. The Balaban J connectivity index is 1.89. The van der Waals surface area contributed by atoms with Gasteiger partial charge in [0, 0.05) is 24.8 Å². The predicted octanol–water partition coefficient (Wildman–Crippen LogP) is 3.42. The van der Waals surface area contributed by atoms with E-state index >= 15 is 0 Å². The summed E-state index contributed by atoms with van der Waals surface area (Å²) in [5.74, 6) is -0.465. The zero-order chi connectivity index (χ0) is 19.8. The van der Waals surface area contributed by atoms with Crippen molar-refractivity contribution in [2.75, 3.05) is 20.3 Å². The number of H-pyrrole nitrogens is 1. The van der Waals surface area contributed by atoms with Crippen LogP contribution in [0, 0.1) is 12.7 Å². The van der Waals surface area contributed by atoms with Crippen molar-refractivity contribution >= 4 is 5.91 Å². The van der Waals surface area contributed by atoms with Crippen LogP contribution in [0.4, 0.5) is 4.39 Å². The number of halogens is 1. The minimum Gasteiger partial charge on any atom is -0.507 e. The molecular weight excluding hydrogens is 361 g/mol. The van der Waals surface area contributed by atoms with Crippen molar-refractivity contribution in [3.05, 3.63) is 70.7 Å². The van der Waals surface area contributed by atoms with Crippen molar-refractivity contribution in [3.8, 4) is 17.0 Å². The molecule has 1 aromatic heterocycles. The van der Waals surface area contributed by atoms with Crippen LogP contribution < -0.4 is 0 Å². The van der Waals surface area contributed by atoms with Crippen LogP contribution in [-0.2, 0) is 4.74 Å². The number of nitrogens with zero attached hydrogens (tertiary/aromatic N) is 2. The summed E-state index contributed by atoms with van der Waals surface area (Å²) in [4.78, 5) is 14.7. The number of aromatic amines is 1. The van der Waals surface area contributed by atoms with E-state index in [4.69, 9.17) is 4.74 Å². The highest BCUT2D eigenvalue weighted by Gasteiger charge is 2.42.